The molecule has 1 aliphatic heterocycles. The molecule has 0 aromatic heterocycles. The van der Waals surface area contributed by atoms with E-state index < -0.39 is 0 Å². The van der Waals surface area contributed by atoms with Gasteiger partial charge >= 0.3 is 0 Å². The van der Waals surface area contributed by atoms with Crippen molar-refractivity contribution < 1.29 is 14.3 Å². The fourth-order valence-corrected chi connectivity index (χ4v) is 3.25. The average Bonchev–Trinajstić information content (AvgIpc) is 3.06. The smallest absolute Gasteiger partial charge is 0.240 e. The van der Waals surface area contributed by atoms with Crippen LogP contribution in [-0.4, -0.2) is 49.2 Å². The van der Waals surface area contributed by atoms with Gasteiger partial charge in [0, 0.05) is 24.7 Å². The first-order chi connectivity index (χ1) is 10.2. The Kier molecular flexibility index (Phi) is 5.76. The highest BCUT2D eigenvalue weighted by molar-refractivity contribution is 7.99. The first kappa shape index (κ1) is 16.0. The fourth-order valence-electron chi connectivity index (χ4n) is 2.32. The van der Waals surface area contributed by atoms with Gasteiger partial charge < -0.3 is 14.4 Å². The molecule has 1 N–H and O–H groups in total. The van der Waals surface area contributed by atoms with E-state index in [1.165, 1.54) is 0 Å². The molecule has 0 aliphatic carbocycles. The van der Waals surface area contributed by atoms with Crippen molar-refractivity contribution >= 4 is 17.7 Å². The second-order valence-electron chi connectivity index (χ2n) is 4.81. The van der Waals surface area contributed by atoms with Crippen LogP contribution in [0.1, 0.15) is 12.5 Å². The van der Waals surface area contributed by atoms with E-state index >= 15 is 0 Å². The van der Waals surface area contributed by atoms with E-state index in [0.29, 0.717) is 24.6 Å². The molecule has 1 aliphatic rings. The minimum atomic E-state index is -0.0601. The Hall–Kier alpha value is -1.40. The van der Waals surface area contributed by atoms with Gasteiger partial charge in [-0.3, -0.25) is 10.1 Å². The van der Waals surface area contributed by atoms with Gasteiger partial charge in [-0.05, 0) is 24.6 Å². The minimum absolute atomic E-state index is 0.0601. The molecule has 1 saturated heterocycles. The number of rotatable bonds is 6. The van der Waals surface area contributed by atoms with Crippen LogP contribution in [-0.2, 0) is 11.3 Å². The number of thioether (sulfide) groups is 1. The topological polar surface area (TPSA) is 50.8 Å². The molecule has 5 nitrogen and oxygen atoms in total. The Bertz CT molecular complexity index is 490. The number of carbonyl (C=O) groups excluding carboxylic acids is 1. The first-order valence-electron chi connectivity index (χ1n) is 7.00. The number of methoxy groups -OCH3 is 2. The van der Waals surface area contributed by atoms with Gasteiger partial charge in [-0.2, -0.15) is 0 Å². The summed E-state index contributed by atoms with van der Waals surface area (Å²) in [5, 5.41) is 3.22. The van der Waals surface area contributed by atoms with Crippen LogP contribution < -0.4 is 14.8 Å². The molecule has 1 amide bonds. The molecule has 1 fully saturated rings. The Labute approximate surface area is 130 Å². The van der Waals surface area contributed by atoms with Crippen molar-refractivity contribution in [3.8, 4) is 11.5 Å². The van der Waals surface area contributed by atoms with Gasteiger partial charge in [0.15, 0.2) is 11.5 Å². The van der Waals surface area contributed by atoms with E-state index in [1.54, 1.807) is 26.0 Å². The zero-order chi connectivity index (χ0) is 15.2. The van der Waals surface area contributed by atoms with Gasteiger partial charge in [0.25, 0.3) is 0 Å². The number of hydrogen-bond acceptors (Lipinski definition) is 5. The second kappa shape index (κ2) is 7.56. The van der Waals surface area contributed by atoms with Crippen molar-refractivity contribution in [1.29, 1.82) is 0 Å². The van der Waals surface area contributed by atoms with Crippen LogP contribution in [0, 0.1) is 0 Å². The maximum absolute atomic E-state index is 12.5. The highest BCUT2D eigenvalue weighted by atomic mass is 32.2. The maximum Gasteiger partial charge on any atom is 0.240 e. The molecule has 1 aromatic carbocycles. The predicted molar refractivity (Wildman–Crippen MR) is 84.9 cm³/mol. The van der Waals surface area contributed by atoms with Gasteiger partial charge in [0.1, 0.15) is 0 Å². The molecular formula is C15H22N2O3S. The zero-order valence-electron chi connectivity index (χ0n) is 12.7. The lowest BCUT2D eigenvalue weighted by atomic mass is 10.1. The molecule has 0 spiro atoms. The monoisotopic (exact) mass is 310 g/mol. The van der Waals surface area contributed by atoms with Crippen LogP contribution in [0.3, 0.4) is 0 Å². The van der Waals surface area contributed by atoms with E-state index in [9.17, 15) is 4.79 Å². The lowest BCUT2D eigenvalue weighted by Gasteiger charge is -2.24. The minimum Gasteiger partial charge on any atom is -0.493 e. The van der Waals surface area contributed by atoms with E-state index in [0.717, 1.165) is 17.2 Å². The number of likely N-dealkylation sites (N-methyl/N-ethyl adjacent to an activating group) is 1. The number of benzene rings is 1. The largest absolute Gasteiger partial charge is 0.493 e. The summed E-state index contributed by atoms with van der Waals surface area (Å²) >= 11 is 1.76. The molecule has 6 heteroatoms. The molecule has 116 valence electrons. The van der Waals surface area contributed by atoms with Crippen LogP contribution in [0.5, 0.6) is 11.5 Å². The third-order valence-electron chi connectivity index (χ3n) is 3.53. The van der Waals surface area contributed by atoms with Crippen molar-refractivity contribution in [2.24, 2.45) is 0 Å². The summed E-state index contributed by atoms with van der Waals surface area (Å²) in [6, 6.07) is 5.70. The molecule has 0 saturated carbocycles. The molecule has 2 rings (SSSR count). The van der Waals surface area contributed by atoms with Gasteiger partial charge in [-0.15, -0.1) is 11.8 Å². The first-order valence-corrected chi connectivity index (χ1v) is 8.15. The van der Waals surface area contributed by atoms with Crippen molar-refractivity contribution in [2.45, 2.75) is 19.5 Å². The molecule has 21 heavy (non-hydrogen) atoms. The summed E-state index contributed by atoms with van der Waals surface area (Å²) in [5.74, 6) is 3.25. The molecule has 0 radical (unpaired) electrons. The molecule has 1 aromatic rings. The normalized spacial score (nSPS) is 17.6. The quantitative estimate of drug-likeness (QED) is 0.867. The maximum atomic E-state index is 12.5. The number of ether oxygens (including phenoxy) is 2. The van der Waals surface area contributed by atoms with Gasteiger partial charge in [0.05, 0.1) is 20.3 Å². The van der Waals surface area contributed by atoms with Crippen LogP contribution in [0.2, 0.25) is 0 Å². The second-order valence-corrected chi connectivity index (χ2v) is 5.84. The fraction of sp³-hybridized carbons (Fsp3) is 0.533. The van der Waals surface area contributed by atoms with E-state index in [4.69, 9.17) is 9.47 Å². The lowest BCUT2D eigenvalue weighted by Crippen LogP contribution is -2.44. The summed E-state index contributed by atoms with van der Waals surface area (Å²) in [6.45, 7) is 3.27. The van der Waals surface area contributed by atoms with Crippen molar-refractivity contribution in [3.63, 3.8) is 0 Å². The lowest BCUT2D eigenvalue weighted by molar-refractivity contribution is -0.133. The number of nitrogens with one attached hydrogen (secondary N) is 1. The number of carbonyl (C=O) groups is 1. The molecule has 1 heterocycles. The summed E-state index contributed by atoms with van der Waals surface area (Å²) < 4.78 is 10.5. The number of amides is 1. The van der Waals surface area contributed by atoms with Crippen molar-refractivity contribution in [3.05, 3.63) is 23.8 Å². The van der Waals surface area contributed by atoms with Crippen LogP contribution in [0.25, 0.3) is 0 Å². The zero-order valence-corrected chi connectivity index (χ0v) is 13.5. The standard InChI is InChI=1S/C15H22N2O3S/c1-4-17(15(18)12-9-21-10-16-12)8-11-5-6-13(19-2)14(7-11)20-3/h5-7,12,16H,4,8-10H2,1-3H3. The highest BCUT2D eigenvalue weighted by Gasteiger charge is 2.26. The Morgan fingerprint density at radius 1 is 1.38 bits per heavy atom. The van der Waals surface area contributed by atoms with Crippen LogP contribution in [0.15, 0.2) is 18.2 Å². The van der Waals surface area contributed by atoms with E-state index in [-0.39, 0.29) is 11.9 Å². The predicted octanol–water partition coefficient (Wildman–Crippen LogP) is 1.71. The SMILES string of the molecule is CCN(Cc1ccc(OC)c(OC)c1)C(=O)C1CSCN1. The van der Waals surface area contributed by atoms with E-state index in [1.807, 2.05) is 30.0 Å². The summed E-state index contributed by atoms with van der Waals surface area (Å²) in [6.07, 6.45) is 0. The van der Waals surface area contributed by atoms with Crippen LogP contribution >= 0.6 is 11.8 Å². The molecule has 1 atom stereocenters. The summed E-state index contributed by atoms with van der Waals surface area (Å²) in [5.41, 5.74) is 1.04. The molecule has 1 unspecified atom stereocenters. The third kappa shape index (κ3) is 3.83. The number of hydrogen-bond donors (Lipinski definition) is 1. The van der Waals surface area contributed by atoms with Crippen LogP contribution in [0.4, 0.5) is 0 Å². The van der Waals surface area contributed by atoms with Gasteiger partial charge in [-0.25, -0.2) is 0 Å². The van der Waals surface area contributed by atoms with Gasteiger partial charge in [0.2, 0.25) is 5.91 Å². The third-order valence-corrected chi connectivity index (χ3v) is 4.47. The average molecular weight is 310 g/mol. The van der Waals surface area contributed by atoms with Crippen molar-refractivity contribution in [2.75, 3.05) is 32.4 Å². The Morgan fingerprint density at radius 3 is 2.71 bits per heavy atom. The molecular weight excluding hydrogens is 288 g/mol. The van der Waals surface area contributed by atoms with Gasteiger partial charge in [-0.1, -0.05) is 6.07 Å². The highest BCUT2D eigenvalue weighted by Crippen LogP contribution is 2.28. The summed E-state index contributed by atoms with van der Waals surface area (Å²) in [4.78, 5) is 14.3. The Morgan fingerprint density at radius 2 is 2.14 bits per heavy atom. The van der Waals surface area contributed by atoms with Crippen molar-refractivity contribution in [1.82, 2.24) is 10.2 Å². The number of nitrogens with zero attached hydrogens (tertiary/aromatic N) is 1. The summed E-state index contributed by atoms with van der Waals surface area (Å²) in [7, 11) is 3.23. The van der Waals surface area contributed by atoms with E-state index in [2.05, 4.69) is 5.32 Å². The molecule has 0 bridgehead atoms. The Balaban J connectivity index is 2.09.